The molecular weight excluding hydrogens is 302 g/mol. The molecule has 0 spiro atoms. The van der Waals surface area contributed by atoms with Gasteiger partial charge < -0.3 is 20.1 Å². The lowest BCUT2D eigenvalue weighted by molar-refractivity contribution is 0.0698. The molecule has 0 amide bonds. The zero-order valence-electron chi connectivity index (χ0n) is 13.4. The average molecular weight is 328 g/mol. The Morgan fingerprint density at radius 3 is 2.59 bits per heavy atom. The molecule has 0 fully saturated rings. The van der Waals surface area contributed by atoms with Crippen molar-refractivity contribution in [2.75, 3.05) is 40.0 Å². The molecule has 0 saturated heterocycles. The van der Waals surface area contributed by atoms with Crippen molar-refractivity contribution in [2.24, 2.45) is 4.99 Å². The number of hydrogen-bond donors (Lipinski definition) is 2. The second kappa shape index (κ2) is 12.3. The third-order valence-electron chi connectivity index (χ3n) is 2.87. The molecule has 0 aliphatic heterocycles. The number of rotatable bonds is 10. The Morgan fingerprint density at radius 1 is 1.14 bits per heavy atom. The minimum Gasteiger partial charge on any atom is -0.382 e. The highest BCUT2D eigenvalue weighted by Crippen LogP contribution is 2.09. The summed E-state index contributed by atoms with van der Waals surface area (Å²) in [4.78, 5) is 4.55. The van der Waals surface area contributed by atoms with Crippen molar-refractivity contribution >= 4 is 17.6 Å². The number of hydrogen-bond acceptors (Lipinski definition) is 3. The summed E-state index contributed by atoms with van der Waals surface area (Å²) in [6.45, 7) is 6.31. The quantitative estimate of drug-likeness (QED) is 0.394. The molecule has 0 radical (unpaired) electrons. The van der Waals surface area contributed by atoms with Crippen LogP contribution in [0.5, 0.6) is 0 Å². The van der Waals surface area contributed by atoms with E-state index < -0.39 is 0 Å². The Bertz CT molecular complexity index is 424. The maximum atomic E-state index is 5.87. The number of halogens is 1. The maximum Gasteiger partial charge on any atom is 0.191 e. The number of benzene rings is 1. The lowest BCUT2D eigenvalue weighted by atomic mass is 10.2. The molecule has 124 valence electrons. The van der Waals surface area contributed by atoms with Gasteiger partial charge >= 0.3 is 0 Å². The Balaban J connectivity index is 2.28. The summed E-state index contributed by atoms with van der Waals surface area (Å²) in [6.07, 6.45) is 0.926. The van der Waals surface area contributed by atoms with Gasteiger partial charge in [0.25, 0.3) is 0 Å². The van der Waals surface area contributed by atoms with Gasteiger partial charge in [-0.25, -0.2) is 4.99 Å². The van der Waals surface area contributed by atoms with E-state index in [0.717, 1.165) is 36.1 Å². The SMILES string of the molecule is CCNC(=NCc1ccc(Cl)cc1)NCCCOCCOC. The van der Waals surface area contributed by atoms with Crippen molar-refractivity contribution in [2.45, 2.75) is 19.9 Å². The van der Waals surface area contributed by atoms with Crippen molar-refractivity contribution in [3.63, 3.8) is 0 Å². The Morgan fingerprint density at radius 2 is 1.91 bits per heavy atom. The van der Waals surface area contributed by atoms with Gasteiger partial charge in [-0.15, -0.1) is 0 Å². The van der Waals surface area contributed by atoms with Crippen LogP contribution in [0, 0.1) is 0 Å². The van der Waals surface area contributed by atoms with Crippen LogP contribution in [-0.4, -0.2) is 46.0 Å². The summed E-state index contributed by atoms with van der Waals surface area (Å²) in [5.74, 6) is 0.814. The van der Waals surface area contributed by atoms with Crippen LogP contribution in [0.3, 0.4) is 0 Å². The highest BCUT2D eigenvalue weighted by atomic mass is 35.5. The summed E-state index contributed by atoms with van der Waals surface area (Å²) in [7, 11) is 1.67. The number of nitrogens with zero attached hydrogens (tertiary/aromatic N) is 1. The van der Waals surface area contributed by atoms with E-state index in [1.807, 2.05) is 31.2 Å². The lowest BCUT2D eigenvalue weighted by Gasteiger charge is -2.11. The van der Waals surface area contributed by atoms with Gasteiger partial charge in [-0.3, -0.25) is 0 Å². The second-order valence-corrected chi connectivity index (χ2v) is 5.14. The normalized spacial score (nSPS) is 11.5. The first-order chi connectivity index (χ1) is 10.8. The number of nitrogens with one attached hydrogen (secondary N) is 2. The maximum absolute atomic E-state index is 5.87. The Labute approximate surface area is 138 Å². The number of ether oxygens (including phenoxy) is 2. The van der Waals surface area contributed by atoms with Gasteiger partial charge in [-0.2, -0.15) is 0 Å². The topological polar surface area (TPSA) is 54.9 Å². The first kappa shape index (κ1) is 18.7. The molecule has 1 rings (SSSR count). The van der Waals surface area contributed by atoms with Gasteiger partial charge in [-0.05, 0) is 31.0 Å². The number of aliphatic imine (C=N–C) groups is 1. The summed E-state index contributed by atoms with van der Waals surface area (Å²) in [6, 6.07) is 7.73. The predicted molar refractivity (Wildman–Crippen MR) is 91.6 cm³/mol. The standard InChI is InChI=1S/C16H26ClN3O2/c1-3-18-16(19-9-4-10-22-12-11-21-2)20-13-14-5-7-15(17)8-6-14/h5-8H,3-4,9-13H2,1-2H3,(H2,18,19,20). The van der Waals surface area contributed by atoms with E-state index in [1.165, 1.54) is 0 Å². The fraction of sp³-hybridized carbons (Fsp3) is 0.562. The summed E-state index contributed by atoms with van der Waals surface area (Å²) < 4.78 is 10.3. The Kier molecular flexibility index (Phi) is 10.5. The van der Waals surface area contributed by atoms with Gasteiger partial charge in [-0.1, -0.05) is 23.7 Å². The second-order valence-electron chi connectivity index (χ2n) is 4.71. The van der Waals surface area contributed by atoms with Gasteiger partial charge in [0.05, 0.1) is 19.8 Å². The fourth-order valence-electron chi connectivity index (χ4n) is 1.73. The zero-order valence-corrected chi connectivity index (χ0v) is 14.2. The molecule has 5 nitrogen and oxygen atoms in total. The molecule has 22 heavy (non-hydrogen) atoms. The first-order valence-corrected chi connectivity index (χ1v) is 7.97. The van der Waals surface area contributed by atoms with Crippen LogP contribution in [0.1, 0.15) is 18.9 Å². The minimum absolute atomic E-state index is 0.622. The van der Waals surface area contributed by atoms with Crippen LogP contribution >= 0.6 is 11.6 Å². The molecule has 1 aromatic rings. The highest BCUT2D eigenvalue weighted by molar-refractivity contribution is 6.30. The molecule has 0 heterocycles. The lowest BCUT2D eigenvalue weighted by Crippen LogP contribution is -2.38. The van der Waals surface area contributed by atoms with E-state index in [9.17, 15) is 0 Å². The van der Waals surface area contributed by atoms with E-state index in [-0.39, 0.29) is 0 Å². The minimum atomic E-state index is 0.622. The van der Waals surface area contributed by atoms with E-state index >= 15 is 0 Å². The van der Waals surface area contributed by atoms with E-state index in [4.69, 9.17) is 21.1 Å². The predicted octanol–water partition coefficient (Wildman–Crippen LogP) is 2.45. The molecule has 2 N–H and O–H groups in total. The zero-order chi connectivity index (χ0) is 16.0. The molecule has 0 aliphatic rings. The first-order valence-electron chi connectivity index (χ1n) is 7.59. The van der Waals surface area contributed by atoms with E-state index in [1.54, 1.807) is 7.11 Å². The van der Waals surface area contributed by atoms with Crippen molar-refractivity contribution in [3.8, 4) is 0 Å². The third kappa shape index (κ3) is 8.87. The van der Waals surface area contributed by atoms with Crippen molar-refractivity contribution in [1.29, 1.82) is 0 Å². The monoisotopic (exact) mass is 327 g/mol. The van der Waals surface area contributed by atoms with E-state index in [2.05, 4.69) is 15.6 Å². The van der Waals surface area contributed by atoms with E-state index in [0.29, 0.717) is 26.4 Å². The van der Waals surface area contributed by atoms with Gasteiger partial charge in [0.1, 0.15) is 0 Å². The Hall–Kier alpha value is -1.30. The third-order valence-corrected chi connectivity index (χ3v) is 3.12. The van der Waals surface area contributed by atoms with Crippen LogP contribution < -0.4 is 10.6 Å². The highest BCUT2D eigenvalue weighted by Gasteiger charge is 1.98. The summed E-state index contributed by atoms with van der Waals surface area (Å²) in [5, 5.41) is 7.26. The number of guanidine groups is 1. The van der Waals surface area contributed by atoms with Crippen molar-refractivity contribution < 1.29 is 9.47 Å². The fourth-order valence-corrected chi connectivity index (χ4v) is 1.85. The molecular formula is C16H26ClN3O2. The molecule has 1 aromatic carbocycles. The molecule has 6 heteroatoms. The van der Waals surface area contributed by atoms with Gasteiger partial charge in [0, 0.05) is 31.8 Å². The summed E-state index contributed by atoms with van der Waals surface area (Å²) >= 11 is 5.87. The van der Waals surface area contributed by atoms with Gasteiger partial charge in [0.2, 0.25) is 0 Å². The molecule has 0 unspecified atom stereocenters. The van der Waals surface area contributed by atoms with Crippen LogP contribution in [0.25, 0.3) is 0 Å². The largest absolute Gasteiger partial charge is 0.382 e. The average Bonchev–Trinajstić information content (AvgIpc) is 2.53. The molecule has 0 atom stereocenters. The van der Waals surface area contributed by atoms with Crippen LogP contribution in [0.4, 0.5) is 0 Å². The van der Waals surface area contributed by atoms with Crippen LogP contribution in [-0.2, 0) is 16.0 Å². The smallest absolute Gasteiger partial charge is 0.191 e. The van der Waals surface area contributed by atoms with Crippen molar-refractivity contribution in [3.05, 3.63) is 34.9 Å². The molecule has 0 saturated carbocycles. The van der Waals surface area contributed by atoms with Gasteiger partial charge in [0.15, 0.2) is 5.96 Å². The molecule has 0 aromatic heterocycles. The molecule has 0 bridgehead atoms. The summed E-state index contributed by atoms with van der Waals surface area (Å²) in [5.41, 5.74) is 1.13. The molecule has 0 aliphatic carbocycles. The van der Waals surface area contributed by atoms with Crippen molar-refractivity contribution in [1.82, 2.24) is 10.6 Å². The number of methoxy groups -OCH3 is 1. The van der Waals surface area contributed by atoms with Crippen LogP contribution in [0.2, 0.25) is 5.02 Å². The van der Waals surface area contributed by atoms with Crippen LogP contribution in [0.15, 0.2) is 29.3 Å².